The van der Waals surface area contributed by atoms with Gasteiger partial charge >= 0.3 is 12.2 Å². The molecule has 0 bridgehead atoms. The topological polar surface area (TPSA) is 34.1 Å². The molecule has 2 rings (SSSR count). The fourth-order valence-corrected chi connectivity index (χ4v) is 2.59. The zero-order valence-corrected chi connectivity index (χ0v) is 15.2. The molecule has 0 spiro atoms. The van der Waals surface area contributed by atoms with Crippen molar-refractivity contribution in [2.24, 2.45) is 0 Å². The molecule has 0 aliphatic carbocycles. The van der Waals surface area contributed by atoms with Crippen molar-refractivity contribution >= 4 is 0 Å². The summed E-state index contributed by atoms with van der Waals surface area (Å²) in [5, 5.41) is 2.04. The van der Waals surface area contributed by atoms with Gasteiger partial charge < -0.3 is 10.1 Å². The highest BCUT2D eigenvalue weighted by atomic mass is 19.4. The Morgan fingerprint density at radius 3 is 2.14 bits per heavy atom. The summed E-state index contributed by atoms with van der Waals surface area (Å²) in [6.07, 6.45) is -1.20. The van der Waals surface area contributed by atoms with Gasteiger partial charge in [0.2, 0.25) is 0 Å². The number of alkyl halides is 5. The molecule has 0 amide bonds. The predicted molar refractivity (Wildman–Crippen MR) is 95.5 cm³/mol. The number of methoxy groups -OCH3 is 1. The van der Waals surface area contributed by atoms with Gasteiger partial charge in [0.1, 0.15) is 11.8 Å². The minimum atomic E-state index is -4.44. The Hall–Kier alpha value is -2.74. The predicted octanol–water partition coefficient (Wildman–Crippen LogP) is 5.56. The first kappa shape index (κ1) is 21.6. The van der Waals surface area contributed by atoms with Crippen LogP contribution in [0.1, 0.15) is 35.4 Å². The lowest BCUT2D eigenvalue weighted by Crippen LogP contribution is -2.33. The minimum Gasteiger partial charge on any atom is -0.372 e. The number of halogens is 5. The molecule has 0 saturated heterocycles. The van der Waals surface area contributed by atoms with Crippen LogP contribution in [-0.4, -0.2) is 12.1 Å². The summed E-state index contributed by atoms with van der Waals surface area (Å²) < 4.78 is 71.9. The quantitative estimate of drug-likeness (QED) is 0.376. The molecule has 0 radical (unpaired) electrons. The van der Waals surface area contributed by atoms with Gasteiger partial charge in [-0.15, -0.1) is 0 Å². The van der Waals surface area contributed by atoms with Crippen molar-refractivity contribution in [3.63, 3.8) is 0 Å². The van der Waals surface area contributed by atoms with E-state index in [4.69, 9.17) is 4.74 Å². The van der Waals surface area contributed by atoms with Crippen molar-refractivity contribution in [2.75, 3.05) is 7.11 Å². The second-order valence-electron chi connectivity index (χ2n) is 6.00. The van der Waals surface area contributed by atoms with Crippen LogP contribution in [0.3, 0.4) is 0 Å². The summed E-state index contributed by atoms with van der Waals surface area (Å²) in [5.41, 5.74) is -0.200. The second-order valence-corrected chi connectivity index (χ2v) is 6.00. The summed E-state index contributed by atoms with van der Waals surface area (Å²) in [6, 6.07) is 3.58. The molecule has 150 valence electrons. The van der Waals surface area contributed by atoms with Crippen LogP contribution < -0.4 is 5.32 Å². The Labute approximate surface area is 159 Å². The largest absolute Gasteiger partial charge is 0.416 e. The van der Waals surface area contributed by atoms with Crippen molar-refractivity contribution in [3.05, 3.63) is 89.4 Å². The summed E-state index contributed by atoms with van der Waals surface area (Å²) in [7, 11) is 1.37. The average molecular weight is 398 g/mol. The van der Waals surface area contributed by atoms with E-state index < -0.39 is 29.6 Å². The van der Waals surface area contributed by atoms with E-state index in [1.807, 2.05) is 5.32 Å². The Morgan fingerprint density at radius 1 is 1.07 bits per heavy atom. The lowest BCUT2D eigenvalue weighted by Gasteiger charge is -2.20. The smallest absolute Gasteiger partial charge is 0.372 e. The molecule has 0 aliphatic rings. The number of pyridine rings is 1. The molecular weight excluding hydrogens is 379 g/mol. The Balaban J connectivity index is 2.25. The summed E-state index contributed by atoms with van der Waals surface area (Å²) in [5.74, 6) is 0. The molecule has 1 atom stereocenters. The molecule has 0 aliphatic heterocycles. The SMILES string of the molecule is C=C/C=C(\C)NC(F)(F)c1ccc(C(OC)c2ccc(C(F)(F)F)cc2)cn1. The second kappa shape index (κ2) is 8.52. The van der Waals surface area contributed by atoms with Gasteiger partial charge in [-0.2, -0.15) is 22.0 Å². The molecule has 28 heavy (non-hydrogen) atoms. The molecule has 1 aromatic carbocycles. The van der Waals surface area contributed by atoms with Crippen LogP contribution in [-0.2, 0) is 17.0 Å². The van der Waals surface area contributed by atoms with E-state index in [2.05, 4.69) is 11.6 Å². The third-order valence-electron chi connectivity index (χ3n) is 3.91. The highest BCUT2D eigenvalue weighted by Crippen LogP contribution is 2.32. The molecule has 0 saturated carbocycles. The maximum atomic E-state index is 14.2. The van der Waals surface area contributed by atoms with E-state index in [1.165, 1.54) is 50.6 Å². The van der Waals surface area contributed by atoms with E-state index in [0.717, 1.165) is 18.2 Å². The Bertz CT molecular complexity index is 827. The fourth-order valence-electron chi connectivity index (χ4n) is 2.59. The number of benzene rings is 1. The van der Waals surface area contributed by atoms with E-state index in [0.29, 0.717) is 11.1 Å². The molecule has 1 heterocycles. The number of rotatable bonds is 7. The zero-order chi connectivity index (χ0) is 20.9. The molecule has 2 aromatic rings. The van der Waals surface area contributed by atoms with Gasteiger partial charge in [-0.3, -0.25) is 4.98 Å². The first-order chi connectivity index (χ1) is 13.1. The Kier molecular flexibility index (Phi) is 6.56. The standard InChI is InChI=1S/C20H19F5N2O/c1-4-5-13(2)27-20(24,25)17-11-8-15(12-26-17)18(28-3)14-6-9-16(10-7-14)19(21,22)23/h4-12,18,27H,1H2,2-3H3/b13-5+. The molecule has 3 nitrogen and oxygen atoms in total. The van der Waals surface area contributed by atoms with E-state index >= 15 is 0 Å². The minimum absolute atomic E-state index is 0.213. The summed E-state index contributed by atoms with van der Waals surface area (Å²) >= 11 is 0. The lowest BCUT2D eigenvalue weighted by atomic mass is 10.0. The van der Waals surface area contributed by atoms with E-state index in [1.54, 1.807) is 0 Å². The third-order valence-corrected chi connectivity index (χ3v) is 3.91. The lowest BCUT2D eigenvalue weighted by molar-refractivity contribution is -0.137. The maximum absolute atomic E-state index is 14.2. The number of ether oxygens (including phenoxy) is 1. The number of allylic oxidation sites excluding steroid dienone is 3. The number of nitrogens with one attached hydrogen (secondary N) is 1. The van der Waals surface area contributed by atoms with Gasteiger partial charge in [0.25, 0.3) is 0 Å². The molecule has 1 unspecified atom stereocenters. The zero-order valence-electron chi connectivity index (χ0n) is 15.2. The monoisotopic (exact) mass is 398 g/mol. The van der Waals surface area contributed by atoms with Crippen LogP contribution in [0, 0.1) is 0 Å². The normalized spacial score (nSPS) is 13.9. The fraction of sp³-hybridized carbons (Fsp3) is 0.250. The van der Waals surface area contributed by atoms with Crippen LogP contribution >= 0.6 is 0 Å². The number of hydrogen-bond donors (Lipinski definition) is 1. The van der Waals surface area contributed by atoms with Crippen LogP contribution in [0.25, 0.3) is 0 Å². The number of nitrogens with zero attached hydrogens (tertiary/aromatic N) is 1. The van der Waals surface area contributed by atoms with Gasteiger partial charge in [-0.1, -0.05) is 30.9 Å². The van der Waals surface area contributed by atoms with Gasteiger partial charge in [0.15, 0.2) is 0 Å². The number of hydrogen-bond acceptors (Lipinski definition) is 3. The number of aromatic nitrogens is 1. The van der Waals surface area contributed by atoms with Gasteiger partial charge in [-0.25, -0.2) is 0 Å². The van der Waals surface area contributed by atoms with Crippen LogP contribution in [0.4, 0.5) is 22.0 Å². The highest BCUT2D eigenvalue weighted by Gasteiger charge is 2.33. The molecule has 1 N–H and O–H groups in total. The molecule has 8 heteroatoms. The van der Waals surface area contributed by atoms with Crippen molar-refractivity contribution in [3.8, 4) is 0 Å². The third kappa shape index (κ3) is 5.16. The Morgan fingerprint density at radius 2 is 1.68 bits per heavy atom. The van der Waals surface area contributed by atoms with Crippen LogP contribution in [0.5, 0.6) is 0 Å². The summed E-state index contributed by atoms with van der Waals surface area (Å²) in [6.45, 7) is 4.91. The van der Waals surface area contributed by atoms with E-state index in [9.17, 15) is 22.0 Å². The first-order valence-corrected chi connectivity index (χ1v) is 8.20. The molecule has 0 fully saturated rings. The van der Waals surface area contributed by atoms with E-state index in [-0.39, 0.29) is 5.70 Å². The van der Waals surface area contributed by atoms with Gasteiger partial charge in [0.05, 0.1) is 5.56 Å². The van der Waals surface area contributed by atoms with Crippen molar-refractivity contribution in [2.45, 2.75) is 25.3 Å². The van der Waals surface area contributed by atoms with Crippen molar-refractivity contribution in [1.82, 2.24) is 10.3 Å². The highest BCUT2D eigenvalue weighted by molar-refractivity contribution is 5.33. The van der Waals surface area contributed by atoms with Gasteiger partial charge in [0, 0.05) is 24.6 Å². The average Bonchev–Trinajstić information content (AvgIpc) is 2.62. The maximum Gasteiger partial charge on any atom is 0.416 e. The molecule has 1 aromatic heterocycles. The summed E-state index contributed by atoms with van der Waals surface area (Å²) in [4.78, 5) is 3.79. The van der Waals surface area contributed by atoms with Crippen molar-refractivity contribution in [1.29, 1.82) is 0 Å². The van der Waals surface area contributed by atoms with Crippen LogP contribution in [0.15, 0.2) is 67.0 Å². The first-order valence-electron chi connectivity index (χ1n) is 8.20. The van der Waals surface area contributed by atoms with Crippen molar-refractivity contribution < 1.29 is 26.7 Å². The van der Waals surface area contributed by atoms with Crippen LogP contribution in [0.2, 0.25) is 0 Å². The molecular formula is C20H19F5N2O. The van der Waals surface area contributed by atoms with Gasteiger partial charge in [-0.05, 0) is 36.8 Å².